The lowest BCUT2D eigenvalue weighted by Crippen LogP contribution is -2.29. The Bertz CT molecular complexity index is 1300. The zero-order chi connectivity index (χ0) is 22.1. The molecular formula is C26H27N5O. The number of anilines is 2. The first kappa shape index (κ1) is 20.4. The Kier molecular flexibility index (Phi) is 5.45. The number of likely N-dealkylation sites (tertiary alicyclic amines) is 1. The smallest absolute Gasteiger partial charge is 0.259 e. The van der Waals surface area contributed by atoms with E-state index in [0.717, 1.165) is 41.2 Å². The molecule has 6 heteroatoms. The number of pyridine rings is 3. The predicted octanol–water partition coefficient (Wildman–Crippen LogP) is 4.85. The van der Waals surface area contributed by atoms with Gasteiger partial charge in [0.15, 0.2) is 0 Å². The highest BCUT2D eigenvalue weighted by atomic mass is 16.1. The van der Waals surface area contributed by atoms with Gasteiger partial charge in [-0.2, -0.15) is 0 Å². The van der Waals surface area contributed by atoms with E-state index in [1.54, 1.807) is 6.20 Å². The molecule has 5 rings (SSSR count). The minimum atomic E-state index is -0.163. The summed E-state index contributed by atoms with van der Waals surface area (Å²) in [6, 6.07) is 18.2. The minimum absolute atomic E-state index is 0.163. The fraction of sp³-hybridized carbons (Fsp3) is 0.269. The highest BCUT2D eigenvalue weighted by Gasteiger charge is 2.18. The molecule has 1 fully saturated rings. The van der Waals surface area contributed by atoms with Crippen LogP contribution in [0.4, 0.5) is 11.5 Å². The van der Waals surface area contributed by atoms with Crippen LogP contribution in [0.15, 0.2) is 65.6 Å². The molecule has 0 unspecified atom stereocenters. The van der Waals surface area contributed by atoms with Crippen LogP contribution in [0.3, 0.4) is 0 Å². The topological polar surface area (TPSA) is 73.9 Å². The Labute approximate surface area is 187 Å². The van der Waals surface area contributed by atoms with Gasteiger partial charge in [0.1, 0.15) is 5.82 Å². The molecular weight excluding hydrogens is 398 g/mol. The van der Waals surface area contributed by atoms with E-state index in [-0.39, 0.29) is 5.56 Å². The van der Waals surface area contributed by atoms with Crippen molar-refractivity contribution in [1.82, 2.24) is 19.9 Å². The molecule has 1 aromatic carbocycles. The van der Waals surface area contributed by atoms with Gasteiger partial charge >= 0.3 is 0 Å². The average Bonchev–Trinajstić information content (AvgIpc) is 2.80. The van der Waals surface area contributed by atoms with Crippen LogP contribution in [-0.4, -0.2) is 40.0 Å². The third-order valence-corrected chi connectivity index (χ3v) is 6.27. The molecule has 3 aromatic heterocycles. The molecule has 4 aromatic rings. The average molecular weight is 426 g/mol. The molecule has 1 aliphatic rings. The monoisotopic (exact) mass is 425 g/mol. The molecule has 162 valence electrons. The second-order valence-corrected chi connectivity index (χ2v) is 8.62. The zero-order valence-electron chi connectivity index (χ0n) is 18.4. The molecule has 1 saturated heterocycles. The van der Waals surface area contributed by atoms with Crippen LogP contribution in [0.25, 0.3) is 22.2 Å². The molecule has 2 N–H and O–H groups in total. The first-order valence-corrected chi connectivity index (χ1v) is 11.1. The largest absolute Gasteiger partial charge is 0.340 e. The second-order valence-electron chi connectivity index (χ2n) is 8.62. The summed E-state index contributed by atoms with van der Waals surface area (Å²) in [5, 5.41) is 4.75. The van der Waals surface area contributed by atoms with Crippen LogP contribution in [0.5, 0.6) is 0 Å². The normalized spacial score (nSPS) is 15.2. The lowest BCUT2D eigenvalue weighted by atomic mass is 9.89. The number of aromatic amines is 1. The van der Waals surface area contributed by atoms with Gasteiger partial charge in [-0.1, -0.05) is 18.2 Å². The standard InChI is InChI=1S/C26H27N5O/c1-17-4-3-5-22(28-17)23-16-20-10-13-27-26(32)24(20)25(30-23)29-21-8-6-18(7-9-21)19-11-14-31(2)15-12-19/h3-10,13,16,19H,11-12,14-15H2,1-2H3,(H,27,32)(H,29,30). The fourth-order valence-electron chi connectivity index (χ4n) is 4.44. The van der Waals surface area contributed by atoms with Crippen LogP contribution in [0, 0.1) is 6.92 Å². The highest BCUT2D eigenvalue weighted by molar-refractivity contribution is 5.94. The van der Waals surface area contributed by atoms with Crippen LogP contribution in [0.1, 0.15) is 30.0 Å². The molecule has 1 aliphatic heterocycles. The van der Waals surface area contributed by atoms with E-state index >= 15 is 0 Å². The summed E-state index contributed by atoms with van der Waals surface area (Å²) in [5.41, 5.74) is 4.56. The summed E-state index contributed by atoms with van der Waals surface area (Å²) in [7, 11) is 2.18. The molecule has 0 radical (unpaired) electrons. The molecule has 0 saturated carbocycles. The number of H-pyrrole nitrogens is 1. The highest BCUT2D eigenvalue weighted by Crippen LogP contribution is 2.30. The molecule has 4 heterocycles. The number of benzene rings is 1. The van der Waals surface area contributed by atoms with Crippen molar-refractivity contribution in [1.29, 1.82) is 0 Å². The van der Waals surface area contributed by atoms with E-state index in [9.17, 15) is 4.79 Å². The molecule has 32 heavy (non-hydrogen) atoms. The Morgan fingerprint density at radius 1 is 1.00 bits per heavy atom. The van der Waals surface area contributed by atoms with Crippen LogP contribution >= 0.6 is 0 Å². The maximum Gasteiger partial charge on any atom is 0.259 e. The van der Waals surface area contributed by atoms with Gasteiger partial charge in [0, 0.05) is 17.6 Å². The lowest BCUT2D eigenvalue weighted by Gasteiger charge is -2.29. The first-order chi connectivity index (χ1) is 15.6. The SMILES string of the molecule is Cc1cccc(-c2cc3cc[nH]c(=O)c3c(Nc3ccc(C4CCN(C)CC4)cc3)n2)n1. The number of aromatic nitrogens is 3. The van der Waals surface area contributed by atoms with E-state index in [1.165, 1.54) is 18.4 Å². The summed E-state index contributed by atoms with van der Waals surface area (Å²) in [4.78, 5) is 27.2. The van der Waals surface area contributed by atoms with Crippen LogP contribution in [-0.2, 0) is 0 Å². The summed E-state index contributed by atoms with van der Waals surface area (Å²) in [5.74, 6) is 1.15. The summed E-state index contributed by atoms with van der Waals surface area (Å²) < 4.78 is 0. The van der Waals surface area contributed by atoms with E-state index < -0.39 is 0 Å². The number of piperidine rings is 1. The number of nitrogens with zero attached hydrogens (tertiary/aromatic N) is 3. The zero-order valence-corrected chi connectivity index (χ0v) is 18.4. The number of nitrogens with one attached hydrogen (secondary N) is 2. The number of hydrogen-bond acceptors (Lipinski definition) is 5. The minimum Gasteiger partial charge on any atom is -0.340 e. The Morgan fingerprint density at radius 2 is 1.78 bits per heavy atom. The van der Waals surface area contributed by atoms with Crippen molar-refractivity contribution in [2.75, 3.05) is 25.5 Å². The van der Waals surface area contributed by atoms with Gasteiger partial charge in [-0.05, 0) is 93.2 Å². The van der Waals surface area contributed by atoms with Crippen molar-refractivity contribution in [3.63, 3.8) is 0 Å². The molecule has 0 spiro atoms. The van der Waals surface area contributed by atoms with E-state index in [4.69, 9.17) is 4.98 Å². The van der Waals surface area contributed by atoms with Gasteiger partial charge in [0.05, 0.1) is 16.8 Å². The van der Waals surface area contributed by atoms with E-state index in [1.807, 2.05) is 37.3 Å². The number of aryl methyl sites for hydroxylation is 1. The molecule has 0 bridgehead atoms. The van der Waals surface area contributed by atoms with Gasteiger partial charge in [0.25, 0.3) is 5.56 Å². The fourth-order valence-corrected chi connectivity index (χ4v) is 4.44. The third kappa shape index (κ3) is 4.14. The van der Waals surface area contributed by atoms with E-state index in [2.05, 4.69) is 51.5 Å². The van der Waals surface area contributed by atoms with Crippen molar-refractivity contribution in [3.05, 3.63) is 82.4 Å². The molecule has 0 amide bonds. The summed E-state index contributed by atoms with van der Waals surface area (Å²) >= 11 is 0. The van der Waals surface area contributed by atoms with Gasteiger partial charge in [-0.3, -0.25) is 9.78 Å². The summed E-state index contributed by atoms with van der Waals surface area (Å²) in [6.07, 6.45) is 4.05. The van der Waals surface area contributed by atoms with Crippen molar-refractivity contribution in [3.8, 4) is 11.4 Å². The van der Waals surface area contributed by atoms with E-state index in [0.29, 0.717) is 17.1 Å². The Morgan fingerprint density at radius 3 is 2.53 bits per heavy atom. The summed E-state index contributed by atoms with van der Waals surface area (Å²) in [6.45, 7) is 4.24. The maximum atomic E-state index is 12.6. The number of hydrogen-bond donors (Lipinski definition) is 2. The predicted molar refractivity (Wildman–Crippen MR) is 130 cm³/mol. The maximum absolute atomic E-state index is 12.6. The Hall–Kier alpha value is -3.51. The van der Waals surface area contributed by atoms with Gasteiger partial charge in [-0.25, -0.2) is 4.98 Å². The van der Waals surface area contributed by atoms with Crippen LogP contribution in [0.2, 0.25) is 0 Å². The lowest BCUT2D eigenvalue weighted by molar-refractivity contribution is 0.255. The quantitative estimate of drug-likeness (QED) is 0.489. The number of rotatable bonds is 4. The van der Waals surface area contributed by atoms with Gasteiger partial charge < -0.3 is 15.2 Å². The van der Waals surface area contributed by atoms with Crippen molar-refractivity contribution in [2.45, 2.75) is 25.7 Å². The van der Waals surface area contributed by atoms with Gasteiger partial charge in [0.2, 0.25) is 0 Å². The molecule has 6 nitrogen and oxygen atoms in total. The Balaban J connectivity index is 1.50. The molecule has 0 atom stereocenters. The van der Waals surface area contributed by atoms with Crippen molar-refractivity contribution < 1.29 is 0 Å². The third-order valence-electron chi connectivity index (χ3n) is 6.27. The van der Waals surface area contributed by atoms with Crippen LogP contribution < -0.4 is 10.9 Å². The van der Waals surface area contributed by atoms with Gasteiger partial charge in [-0.15, -0.1) is 0 Å². The molecule has 0 aliphatic carbocycles. The van der Waals surface area contributed by atoms with Crippen molar-refractivity contribution >= 4 is 22.3 Å². The second kappa shape index (κ2) is 8.55. The first-order valence-electron chi connectivity index (χ1n) is 11.1. The van der Waals surface area contributed by atoms with Crippen molar-refractivity contribution in [2.24, 2.45) is 0 Å². The number of fused-ring (bicyclic) bond motifs is 1.